The number of likely N-dealkylation sites (tertiary alicyclic amines) is 1. The lowest BCUT2D eigenvalue weighted by Crippen LogP contribution is -2.30. The first kappa shape index (κ1) is 18.5. The fourth-order valence-corrected chi connectivity index (χ4v) is 3.16. The van der Waals surface area contributed by atoms with Crippen molar-refractivity contribution in [1.82, 2.24) is 14.8 Å². The van der Waals surface area contributed by atoms with Gasteiger partial charge in [-0.2, -0.15) is 0 Å². The Labute approximate surface area is 154 Å². The van der Waals surface area contributed by atoms with Crippen LogP contribution in [0.4, 0.5) is 0 Å². The molecule has 26 heavy (non-hydrogen) atoms. The number of hydrogen-bond donors (Lipinski definition) is 0. The Balaban J connectivity index is 1.67. The lowest BCUT2D eigenvalue weighted by Gasteiger charge is -2.25. The maximum atomic E-state index is 12.4. The molecular weight excluding hydrogens is 330 g/mol. The normalized spacial score (nSPS) is 14.4. The molecule has 0 saturated carbocycles. The van der Waals surface area contributed by atoms with Crippen LogP contribution >= 0.6 is 0 Å². The number of nitrogens with zero attached hydrogens (tertiary/aromatic N) is 3. The van der Waals surface area contributed by atoms with Gasteiger partial charge in [0.05, 0.1) is 13.7 Å². The van der Waals surface area contributed by atoms with Crippen molar-refractivity contribution < 1.29 is 13.9 Å². The number of carbonyl (C=O) groups excluding carboxylic acids is 1. The van der Waals surface area contributed by atoms with Gasteiger partial charge in [-0.3, -0.25) is 9.69 Å². The minimum atomic E-state index is -0.0265. The third-order valence-corrected chi connectivity index (χ3v) is 4.75. The van der Waals surface area contributed by atoms with Crippen molar-refractivity contribution in [2.45, 2.75) is 45.8 Å². The molecule has 0 unspecified atom stereocenters. The summed E-state index contributed by atoms with van der Waals surface area (Å²) in [5.41, 5.74) is 1.57. The van der Waals surface area contributed by atoms with E-state index in [0.29, 0.717) is 24.2 Å². The summed E-state index contributed by atoms with van der Waals surface area (Å²) in [7, 11) is 1.67. The highest BCUT2D eigenvalue weighted by molar-refractivity contribution is 5.92. The van der Waals surface area contributed by atoms with Crippen molar-refractivity contribution in [3.8, 4) is 5.75 Å². The van der Waals surface area contributed by atoms with Gasteiger partial charge in [0.2, 0.25) is 5.89 Å². The number of ether oxygens (including phenoxy) is 1. The van der Waals surface area contributed by atoms with Crippen LogP contribution in [0.5, 0.6) is 5.75 Å². The maximum Gasteiger partial charge on any atom is 0.275 e. The zero-order chi connectivity index (χ0) is 18.5. The Morgan fingerprint density at radius 2 is 2.08 bits per heavy atom. The molecular formula is C20H27N3O3. The van der Waals surface area contributed by atoms with Gasteiger partial charge < -0.3 is 14.1 Å². The van der Waals surface area contributed by atoms with E-state index in [9.17, 15) is 4.79 Å². The molecule has 3 rings (SSSR count). The molecule has 0 bridgehead atoms. The lowest BCUT2D eigenvalue weighted by molar-refractivity contribution is 0.0787. The van der Waals surface area contributed by atoms with Crippen LogP contribution in [0, 0.1) is 0 Å². The van der Waals surface area contributed by atoms with E-state index in [-0.39, 0.29) is 5.91 Å². The Morgan fingerprint density at radius 1 is 1.31 bits per heavy atom. The smallest absolute Gasteiger partial charge is 0.275 e. The van der Waals surface area contributed by atoms with Gasteiger partial charge in [0.15, 0.2) is 5.69 Å². The van der Waals surface area contributed by atoms with Crippen LogP contribution in [0.15, 0.2) is 34.9 Å². The highest BCUT2D eigenvalue weighted by Gasteiger charge is 2.23. The van der Waals surface area contributed by atoms with E-state index in [2.05, 4.69) is 29.8 Å². The number of methoxy groups -OCH3 is 1. The van der Waals surface area contributed by atoms with Gasteiger partial charge in [-0.25, -0.2) is 4.98 Å². The van der Waals surface area contributed by atoms with Crippen LogP contribution in [0.25, 0.3) is 0 Å². The summed E-state index contributed by atoms with van der Waals surface area (Å²) >= 11 is 0. The monoisotopic (exact) mass is 357 g/mol. The molecule has 1 aromatic carbocycles. The number of oxazole rings is 1. The maximum absolute atomic E-state index is 12.4. The van der Waals surface area contributed by atoms with Crippen molar-refractivity contribution in [3.05, 3.63) is 47.7 Å². The van der Waals surface area contributed by atoms with Gasteiger partial charge in [0.1, 0.15) is 12.0 Å². The summed E-state index contributed by atoms with van der Waals surface area (Å²) in [5.74, 6) is 1.39. The molecule has 1 aliphatic heterocycles. The molecule has 6 heteroatoms. The molecule has 1 saturated heterocycles. The summed E-state index contributed by atoms with van der Waals surface area (Å²) in [6.07, 6.45) is 3.62. The van der Waals surface area contributed by atoms with E-state index >= 15 is 0 Å². The van der Waals surface area contributed by atoms with Crippen LogP contribution in [0.2, 0.25) is 0 Å². The zero-order valence-electron chi connectivity index (χ0n) is 15.8. The molecule has 1 aromatic heterocycles. The molecule has 0 radical (unpaired) electrons. The molecule has 6 nitrogen and oxygen atoms in total. The highest BCUT2D eigenvalue weighted by atomic mass is 16.5. The van der Waals surface area contributed by atoms with Crippen LogP contribution in [0.1, 0.15) is 48.6 Å². The van der Waals surface area contributed by atoms with E-state index in [1.54, 1.807) is 7.11 Å². The van der Waals surface area contributed by atoms with Gasteiger partial charge in [-0.1, -0.05) is 12.1 Å². The lowest BCUT2D eigenvalue weighted by atomic mass is 10.2. The van der Waals surface area contributed by atoms with Crippen LogP contribution in [-0.2, 0) is 13.1 Å². The quantitative estimate of drug-likeness (QED) is 0.761. The summed E-state index contributed by atoms with van der Waals surface area (Å²) in [4.78, 5) is 20.9. The molecule has 1 fully saturated rings. The number of carbonyl (C=O) groups is 1. The average molecular weight is 357 g/mol. The second-order valence-electron chi connectivity index (χ2n) is 6.98. The second-order valence-corrected chi connectivity index (χ2v) is 6.98. The first-order valence-electron chi connectivity index (χ1n) is 9.17. The molecule has 0 aliphatic carbocycles. The van der Waals surface area contributed by atoms with Gasteiger partial charge in [0, 0.05) is 25.7 Å². The van der Waals surface area contributed by atoms with Gasteiger partial charge >= 0.3 is 0 Å². The van der Waals surface area contributed by atoms with Crippen molar-refractivity contribution in [3.63, 3.8) is 0 Å². The van der Waals surface area contributed by atoms with E-state index in [0.717, 1.165) is 43.8 Å². The van der Waals surface area contributed by atoms with Crippen LogP contribution < -0.4 is 4.74 Å². The van der Waals surface area contributed by atoms with Crippen molar-refractivity contribution in [1.29, 1.82) is 0 Å². The Hall–Kier alpha value is -2.34. The third kappa shape index (κ3) is 4.43. The Morgan fingerprint density at radius 3 is 2.77 bits per heavy atom. The minimum Gasteiger partial charge on any atom is -0.497 e. The highest BCUT2D eigenvalue weighted by Crippen LogP contribution is 2.18. The van der Waals surface area contributed by atoms with Crippen molar-refractivity contribution in [2.75, 3.05) is 20.2 Å². The largest absolute Gasteiger partial charge is 0.497 e. The Bertz CT molecular complexity index is 735. The number of aromatic nitrogens is 1. The molecule has 2 heterocycles. The van der Waals surface area contributed by atoms with E-state index < -0.39 is 0 Å². The Kier molecular flexibility index (Phi) is 5.93. The average Bonchev–Trinajstić information content (AvgIpc) is 3.33. The molecule has 0 N–H and O–H groups in total. The summed E-state index contributed by atoms with van der Waals surface area (Å²) in [6.45, 7) is 7.22. The molecule has 0 spiro atoms. The van der Waals surface area contributed by atoms with E-state index in [1.165, 1.54) is 6.26 Å². The van der Waals surface area contributed by atoms with Crippen molar-refractivity contribution in [2.24, 2.45) is 0 Å². The third-order valence-electron chi connectivity index (χ3n) is 4.75. The van der Waals surface area contributed by atoms with Gasteiger partial charge in [-0.15, -0.1) is 0 Å². The number of hydrogen-bond acceptors (Lipinski definition) is 5. The predicted molar refractivity (Wildman–Crippen MR) is 99.0 cm³/mol. The van der Waals surface area contributed by atoms with E-state index in [4.69, 9.17) is 9.15 Å². The number of rotatable bonds is 7. The summed E-state index contributed by atoms with van der Waals surface area (Å²) in [6, 6.07) is 8.35. The number of benzene rings is 1. The molecule has 0 atom stereocenters. The molecule has 1 aliphatic rings. The van der Waals surface area contributed by atoms with Crippen molar-refractivity contribution >= 4 is 5.91 Å². The molecule has 1 amide bonds. The van der Waals surface area contributed by atoms with Gasteiger partial charge in [-0.05, 0) is 44.4 Å². The van der Waals surface area contributed by atoms with Crippen LogP contribution in [-0.4, -0.2) is 46.9 Å². The van der Waals surface area contributed by atoms with Crippen LogP contribution in [0.3, 0.4) is 0 Å². The van der Waals surface area contributed by atoms with Gasteiger partial charge in [0.25, 0.3) is 5.91 Å². The first-order chi connectivity index (χ1) is 12.6. The fraction of sp³-hybridized carbons (Fsp3) is 0.500. The molecule has 2 aromatic rings. The summed E-state index contributed by atoms with van der Waals surface area (Å²) in [5, 5.41) is 0. The predicted octanol–water partition coefficient (Wildman–Crippen LogP) is 3.33. The summed E-state index contributed by atoms with van der Waals surface area (Å²) < 4.78 is 10.9. The molecule has 140 valence electrons. The zero-order valence-corrected chi connectivity index (χ0v) is 15.8. The SMILES string of the molecule is COc1cccc(CN(Cc2nc(C(=O)N3CCCC3)co2)C(C)C)c1. The second kappa shape index (κ2) is 8.36. The van der Waals surface area contributed by atoms with E-state index in [1.807, 2.05) is 23.1 Å². The number of amides is 1. The standard InChI is InChI=1S/C20H27N3O3/c1-15(2)23(12-16-7-6-8-17(11-16)25-3)13-19-21-18(14-26-19)20(24)22-9-4-5-10-22/h6-8,11,14-15H,4-5,9-10,12-13H2,1-3H3. The topological polar surface area (TPSA) is 58.8 Å². The minimum absolute atomic E-state index is 0.0265. The fourth-order valence-electron chi connectivity index (χ4n) is 3.16. The first-order valence-corrected chi connectivity index (χ1v) is 9.17.